The quantitative estimate of drug-likeness (QED) is 0.774. The molecule has 86 valence electrons. The minimum Gasteiger partial charge on any atom is -0.319 e. The third-order valence-electron chi connectivity index (χ3n) is 3.57. The Morgan fingerprint density at radius 3 is 2.44 bits per heavy atom. The normalized spacial score (nSPS) is 18.7. The second-order valence-electron chi connectivity index (χ2n) is 5.01. The summed E-state index contributed by atoms with van der Waals surface area (Å²) in [6.07, 6.45) is 3.82. The molecule has 1 aliphatic carbocycles. The SMILES string of the molecule is Cc1ccc(C(=O)C2(N)CCCC2)c(C)c1. The molecule has 0 aliphatic heterocycles. The summed E-state index contributed by atoms with van der Waals surface area (Å²) >= 11 is 0. The van der Waals surface area contributed by atoms with Crippen molar-refractivity contribution in [2.75, 3.05) is 0 Å². The molecule has 1 aliphatic rings. The summed E-state index contributed by atoms with van der Waals surface area (Å²) in [6.45, 7) is 4.02. The summed E-state index contributed by atoms with van der Waals surface area (Å²) in [5.74, 6) is 0.127. The van der Waals surface area contributed by atoms with E-state index in [-0.39, 0.29) is 5.78 Å². The van der Waals surface area contributed by atoms with E-state index in [0.717, 1.165) is 36.8 Å². The summed E-state index contributed by atoms with van der Waals surface area (Å²) in [5, 5.41) is 0. The van der Waals surface area contributed by atoms with E-state index in [1.807, 2.05) is 32.0 Å². The summed E-state index contributed by atoms with van der Waals surface area (Å²) in [4.78, 5) is 12.4. The first kappa shape index (κ1) is 11.3. The lowest BCUT2D eigenvalue weighted by Crippen LogP contribution is -2.45. The predicted octanol–water partition coefficient (Wildman–Crippen LogP) is 2.76. The van der Waals surface area contributed by atoms with Gasteiger partial charge in [-0.1, -0.05) is 36.6 Å². The van der Waals surface area contributed by atoms with Crippen LogP contribution >= 0.6 is 0 Å². The van der Waals surface area contributed by atoms with Crippen LogP contribution in [0.1, 0.15) is 47.2 Å². The minimum absolute atomic E-state index is 0.127. The summed E-state index contributed by atoms with van der Waals surface area (Å²) in [5.41, 5.74) is 8.63. The number of hydrogen-bond donors (Lipinski definition) is 1. The van der Waals surface area contributed by atoms with E-state index in [0.29, 0.717) is 0 Å². The van der Waals surface area contributed by atoms with E-state index in [9.17, 15) is 4.79 Å². The fourth-order valence-electron chi connectivity index (χ4n) is 2.57. The van der Waals surface area contributed by atoms with E-state index in [2.05, 4.69) is 0 Å². The van der Waals surface area contributed by atoms with Gasteiger partial charge >= 0.3 is 0 Å². The first-order chi connectivity index (χ1) is 7.53. The van der Waals surface area contributed by atoms with Crippen molar-refractivity contribution in [1.82, 2.24) is 0 Å². The number of nitrogens with two attached hydrogens (primary N) is 1. The number of ketones is 1. The highest BCUT2D eigenvalue weighted by molar-refractivity contribution is 6.04. The van der Waals surface area contributed by atoms with Crippen molar-refractivity contribution in [3.63, 3.8) is 0 Å². The average Bonchev–Trinajstić information content (AvgIpc) is 2.66. The molecule has 0 spiro atoms. The molecule has 0 saturated heterocycles. The van der Waals surface area contributed by atoms with Gasteiger partial charge in [-0.25, -0.2) is 0 Å². The molecule has 0 heterocycles. The molecule has 2 rings (SSSR count). The standard InChI is InChI=1S/C14H19NO/c1-10-5-6-12(11(2)9-10)13(16)14(15)7-3-4-8-14/h5-6,9H,3-4,7-8,15H2,1-2H3. The van der Waals surface area contributed by atoms with Gasteiger partial charge in [0.2, 0.25) is 0 Å². The van der Waals surface area contributed by atoms with Gasteiger partial charge in [-0.2, -0.15) is 0 Å². The molecule has 16 heavy (non-hydrogen) atoms. The topological polar surface area (TPSA) is 43.1 Å². The Morgan fingerprint density at radius 2 is 1.88 bits per heavy atom. The third kappa shape index (κ3) is 1.90. The smallest absolute Gasteiger partial charge is 0.182 e. The first-order valence-electron chi connectivity index (χ1n) is 5.94. The van der Waals surface area contributed by atoms with Crippen LogP contribution in [0, 0.1) is 13.8 Å². The number of carbonyl (C=O) groups excluding carboxylic acids is 1. The molecule has 0 aromatic heterocycles. The van der Waals surface area contributed by atoms with Crippen molar-refractivity contribution in [3.05, 3.63) is 34.9 Å². The lowest BCUT2D eigenvalue weighted by molar-refractivity contribution is 0.0891. The zero-order valence-corrected chi connectivity index (χ0v) is 10.0. The number of Topliss-reactive ketones (excluding diaryl/α,β-unsaturated/α-hetero) is 1. The Kier molecular flexibility index (Phi) is 2.85. The highest BCUT2D eigenvalue weighted by atomic mass is 16.1. The van der Waals surface area contributed by atoms with Crippen molar-refractivity contribution >= 4 is 5.78 Å². The molecule has 2 heteroatoms. The van der Waals surface area contributed by atoms with Crippen molar-refractivity contribution in [2.45, 2.75) is 45.1 Å². The van der Waals surface area contributed by atoms with E-state index in [4.69, 9.17) is 5.73 Å². The van der Waals surface area contributed by atoms with Crippen LogP contribution in [-0.2, 0) is 0 Å². The van der Waals surface area contributed by atoms with Gasteiger partial charge in [-0.05, 0) is 32.3 Å². The lowest BCUT2D eigenvalue weighted by Gasteiger charge is -2.22. The van der Waals surface area contributed by atoms with Crippen molar-refractivity contribution in [2.24, 2.45) is 5.73 Å². The number of hydrogen-bond acceptors (Lipinski definition) is 2. The third-order valence-corrected chi connectivity index (χ3v) is 3.57. The van der Waals surface area contributed by atoms with Crippen LogP contribution in [0.4, 0.5) is 0 Å². The molecule has 0 radical (unpaired) electrons. The maximum absolute atomic E-state index is 12.4. The molecular formula is C14H19NO. The van der Waals surface area contributed by atoms with Gasteiger partial charge in [0.1, 0.15) is 0 Å². The molecule has 1 aromatic rings. The van der Waals surface area contributed by atoms with Gasteiger partial charge in [0.05, 0.1) is 5.54 Å². The molecule has 1 aromatic carbocycles. The van der Waals surface area contributed by atoms with Crippen LogP contribution in [0.5, 0.6) is 0 Å². The number of rotatable bonds is 2. The second-order valence-corrected chi connectivity index (χ2v) is 5.01. The highest BCUT2D eigenvalue weighted by Crippen LogP contribution is 2.31. The maximum atomic E-state index is 12.4. The van der Waals surface area contributed by atoms with Gasteiger partial charge in [-0.3, -0.25) is 4.79 Å². The minimum atomic E-state index is -0.597. The van der Waals surface area contributed by atoms with Crippen LogP contribution in [0.25, 0.3) is 0 Å². The van der Waals surface area contributed by atoms with Crippen molar-refractivity contribution in [1.29, 1.82) is 0 Å². The van der Waals surface area contributed by atoms with Crippen LogP contribution in [0.3, 0.4) is 0 Å². The van der Waals surface area contributed by atoms with E-state index >= 15 is 0 Å². The predicted molar refractivity (Wildman–Crippen MR) is 65.6 cm³/mol. The van der Waals surface area contributed by atoms with Gasteiger partial charge in [0.15, 0.2) is 5.78 Å². The van der Waals surface area contributed by atoms with Crippen molar-refractivity contribution in [3.8, 4) is 0 Å². The Labute approximate surface area is 96.8 Å². The summed E-state index contributed by atoms with van der Waals surface area (Å²) in [6, 6.07) is 5.95. The molecule has 2 N–H and O–H groups in total. The molecule has 0 atom stereocenters. The highest BCUT2D eigenvalue weighted by Gasteiger charge is 2.37. The first-order valence-corrected chi connectivity index (χ1v) is 5.94. The number of carbonyl (C=O) groups is 1. The van der Waals surface area contributed by atoms with Gasteiger partial charge in [-0.15, -0.1) is 0 Å². The van der Waals surface area contributed by atoms with Gasteiger partial charge in [0.25, 0.3) is 0 Å². The Morgan fingerprint density at radius 1 is 1.25 bits per heavy atom. The fourth-order valence-corrected chi connectivity index (χ4v) is 2.57. The monoisotopic (exact) mass is 217 g/mol. The van der Waals surface area contributed by atoms with Crippen LogP contribution < -0.4 is 5.73 Å². The summed E-state index contributed by atoms with van der Waals surface area (Å²) in [7, 11) is 0. The number of benzene rings is 1. The molecule has 2 nitrogen and oxygen atoms in total. The van der Waals surface area contributed by atoms with Crippen LogP contribution in [0.15, 0.2) is 18.2 Å². The van der Waals surface area contributed by atoms with E-state index < -0.39 is 5.54 Å². The Balaban J connectivity index is 2.33. The summed E-state index contributed by atoms with van der Waals surface area (Å²) < 4.78 is 0. The molecule has 0 amide bonds. The van der Waals surface area contributed by atoms with Crippen LogP contribution in [-0.4, -0.2) is 11.3 Å². The Hall–Kier alpha value is -1.15. The van der Waals surface area contributed by atoms with Gasteiger partial charge < -0.3 is 5.73 Å². The van der Waals surface area contributed by atoms with Crippen molar-refractivity contribution < 1.29 is 4.79 Å². The molecule has 1 fully saturated rings. The average molecular weight is 217 g/mol. The zero-order valence-electron chi connectivity index (χ0n) is 10.0. The van der Waals surface area contributed by atoms with Crippen LogP contribution in [0.2, 0.25) is 0 Å². The van der Waals surface area contributed by atoms with Gasteiger partial charge in [0, 0.05) is 5.56 Å². The zero-order chi connectivity index (χ0) is 11.8. The second kappa shape index (κ2) is 4.02. The maximum Gasteiger partial charge on any atom is 0.182 e. The number of aryl methyl sites for hydroxylation is 2. The molecule has 0 bridgehead atoms. The fraction of sp³-hybridized carbons (Fsp3) is 0.500. The molecular weight excluding hydrogens is 198 g/mol. The molecule has 1 saturated carbocycles. The lowest BCUT2D eigenvalue weighted by atomic mass is 9.86. The van der Waals surface area contributed by atoms with E-state index in [1.165, 1.54) is 5.56 Å². The Bertz CT molecular complexity index is 417. The molecule has 0 unspecified atom stereocenters. The van der Waals surface area contributed by atoms with E-state index in [1.54, 1.807) is 0 Å². The largest absolute Gasteiger partial charge is 0.319 e.